The maximum absolute atomic E-state index is 9.73. The number of hydrogen-bond donors (Lipinski definition) is 2. The number of fused-ring (bicyclic) bond motifs is 5. The number of aromatic amines is 1. The number of aliphatic hydroxyl groups excluding tert-OH is 1. The second kappa shape index (κ2) is 6.67. The molecule has 2 N–H and O–H groups in total. The number of aliphatic hydroxyl groups is 1. The number of ether oxygens (including phenoxy) is 1. The minimum atomic E-state index is 0.0628. The normalized spacial score (nSPS) is 15.3. The Hall–Kier alpha value is -3.08. The van der Waals surface area contributed by atoms with Crippen molar-refractivity contribution in [3.8, 4) is 0 Å². The lowest BCUT2D eigenvalue weighted by molar-refractivity contribution is 0.306. The summed E-state index contributed by atoms with van der Waals surface area (Å²) < 4.78 is 5.41. The predicted octanol–water partition coefficient (Wildman–Crippen LogP) is 4.61. The number of allylic oxidation sites excluding steroid dienone is 2. The van der Waals surface area contributed by atoms with Crippen LogP contribution in [0.1, 0.15) is 29.7 Å². The highest BCUT2D eigenvalue weighted by atomic mass is 16.5. The number of nitrogens with one attached hydrogen (secondary N) is 1. The summed E-state index contributed by atoms with van der Waals surface area (Å²) in [7, 11) is 1.58. The third-order valence-electron chi connectivity index (χ3n) is 4.94. The van der Waals surface area contributed by atoms with Crippen LogP contribution in [0.2, 0.25) is 0 Å². The van der Waals surface area contributed by atoms with Crippen molar-refractivity contribution in [3.05, 3.63) is 65.4 Å². The van der Waals surface area contributed by atoms with E-state index in [1.165, 1.54) is 29.0 Å². The van der Waals surface area contributed by atoms with E-state index in [-0.39, 0.29) is 5.76 Å². The van der Waals surface area contributed by atoms with Crippen molar-refractivity contribution in [1.29, 1.82) is 0 Å². The van der Waals surface area contributed by atoms with E-state index in [1.54, 1.807) is 13.2 Å². The molecule has 4 rings (SSSR count). The van der Waals surface area contributed by atoms with Crippen molar-refractivity contribution in [2.45, 2.75) is 25.7 Å². The maximum atomic E-state index is 9.73. The van der Waals surface area contributed by atoms with Gasteiger partial charge in [0.1, 0.15) is 11.5 Å². The van der Waals surface area contributed by atoms with Crippen molar-refractivity contribution in [1.82, 2.24) is 15.2 Å². The molecule has 1 aliphatic rings. The lowest BCUT2D eigenvalue weighted by atomic mass is 9.87. The highest BCUT2D eigenvalue weighted by molar-refractivity contribution is 6.07. The molecular weight excluding hydrogens is 326 g/mol. The molecule has 0 unspecified atom stereocenters. The van der Waals surface area contributed by atoms with Gasteiger partial charge in [-0.25, -0.2) is 4.98 Å². The Morgan fingerprint density at radius 3 is 2.85 bits per heavy atom. The number of pyridine rings is 1. The van der Waals surface area contributed by atoms with Crippen LogP contribution in [-0.4, -0.2) is 27.4 Å². The van der Waals surface area contributed by atoms with Gasteiger partial charge in [-0.05, 0) is 55.0 Å². The summed E-state index contributed by atoms with van der Waals surface area (Å²) in [5.74, 6) is 0.610. The number of methoxy groups -OCH3 is 1. The average Bonchev–Trinajstić information content (AvgIpc) is 3.15. The Balaban J connectivity index is 1.99. The summed E-state index contributed by atoms with van der Waals surface area (Å²) in [6, 6.07) is 4.05. The van der Waals surface area contributed by atoms with Gasteiger partial charge < -0.3 is 9.84 Å². The number of nitrogens with zero attached hydrogens (tertiary/aromatic N) is 2. The van der Waals surface area contributed by atoms with Gasteiger partial charge in [0.05, 0.1) is 30.0 Å². The van der Waals surface area contributed by atoms with Crippen LogP contribution in [-0.2, 0) is 17.6 Å². The molecule has 0 atom stereocenters. The van der Waals surface area contributed by atoms with E-state index in [1.807, 2.05) is 24.4 Å². The zero-order valence-corrected chi connectivity index (χ0v) is 14.7. The molecule has 3 aromatic rings. The zero-order valence-electron chi connectivity index (χ0n) is 14.7. The third kappa shape index (κ3) is 2.75. The van der Waals surface area contributed by atoms with Gasteiger partial charge in [-0.1, -0.05) is 6.58 Å². The monoisotopic (exact) mass is 347 g/mol. The summed E-state index contributed by atoms with van der Waals surface area (Å²) in [6.45, 7) is 3.56. The molecule has 0 saturated heterocycles. The minimum Gasteiger partial charge on any atom is -0.508 e. The molecule has 2 heterocycles. The lowest BCUT2D eigenvalue weighted by Crippen LogP contribution is -2.08. The van der Waals surface area contributed by atoms with Gasteiger partial charge in [-0.2, -0.15) is 5.10 Å². The third-order valence-corrected chi connectivity index (χ3v) is 4.94. The first-order chi connectivity index (χ1) is 12.7. The quantitative estimate of drug-likeness (QED) is 0.534. The van der Waals surface area contributed by atoms with Crippen molar-refractivity contribution in [2.75, 3.05) is 7.11 Å². The summed E-state index contributed by atoms with van der Waals surface area (Å²) >= 11 is 0. The number of aryl methyl sites for hydroxylation is 1. The molecule has 0 fully saturated rings. The fourth-order valence-corrected chi connectivity index (χ4v) is 3.70. The highest BCUT2D eigenvalue weighted by Crippen LogP contribution is 2.35. The van der Waals surface area contributed by atoms with Gasteiger partial charge in [-0.15, -0.1) is 0 Å². The smallest absolute Gasteiger partial charge is 0.124 e. The van der Waals surface area contributed by atoms with Crippen LogP contribution >= 0.6 is 0 Å². The first-order valence-electron chi connectivity index (χ1n) is 8.77. The summed E-state index contributed by atoms with van der Waals surface area (Å²) in [5.41, 5.74) is 5.51. The number of aromatic nitrogens is 3. The maximum Gasteiger partial charge on any atom is 0.124 e. The van der Waals surface area contributed by atoms with Gasteiger partial charge in [0.25, 0.3) is 0 Å². The molecule has 0 amide bonds. The zero-order chi connectivity index (χ0) is 18.1. The molecule has 26 heavy (non-hydrogen) atoms. The Labute approximate surface area is 151 Å². The summed E-state index contributed by atoms with van der Waals surface area (Å²) in [4.78, 5) is 4.90. The fourth-order valence-electron chi connectivity index (χ4n) is 3.70. The van der Waals surface area contributed by atoms with E-state index >= 15 is 0 Å². The molecule has 0 spiro atoms. The molecule has 0 bridgehead atoms. The van der Waals surface area contributed by atoms with Gasteiger partial charge in [0.2, 0.25) is 0 Å². The molecular formula is C21H21N3O2. The molecule has 2 aromatic heterocycles. The van der Waals surface area contributed by atoms with E-state index in [0.29, 0.717) is 5.76 Å². The minimum absolute atomic E-state index is 0.0628. The van der Waals surface area contributed by atoms with E-state index in [9.17, 15) is 5.11 Å². The van der Waals surface area contributed by atoms with Gasteiger partial charge >= 0.3 is 0 Å². The van der Waals surface area contributed by atoms with Gasteiger partial charge in [0.15, 0.2) is 0 Å². The largest absolute Gasteiger partial charge is 0.508 e. The van der Waals surface area contributed by atoms with Crippen LogP contribution < -0.4 is 0 Å². The summed E-state index contributed by atoms with van der Waals surface area (Å²) in [6.07, 6.45) is 11.1. The van der Waals surface area contributed by atoms with Gasteiger partial charge in [-0.3, -0.25) is 5.10 Å². The Morgan fingerprint density at radius 1 is 1.27 bits per heavy atom. The van der Waals surface area contributed by atoms with Crippen molar-refractivity contribution in [3.63, 3.8) is 0 Å². The van der Waals surface area contributed by atoms with E-state index in [2.05, 4.69) is 16.8 Å². The Bertz CT molecular complexity index is 1060. The molecule has 5 heteroatoms. The lowest BCUT2D eigenvalue weighted by Gasteiger charge is -2.20. The summed E-state index contributed by atoms with van der Waals surface area (Å²) in [5, 5.41) is 19.3. The topological polar surface area (TPSA) is 71.0 Å². The van der Waals surface area contributed by atoms with Gasteiger partial charge in [0, 0.05) is 22.9 Å². The second-order valence-corrected chi connectivity index (χ2v) is 6.48. The van der Waals surface area contributed by atoms with Crippen LogP contribution in [0.5, 0.6) is 0 Å². The van der Waals surface area contributed by atoms with E-state index in [4.69, 9.17) is 9.72 Å². The first-order valence-corrected chi connectivity index (χ1v) is 8.77. The number of H-pyrrole nitrogens is 1. The predicted molar refractivity (Wildman–Crippen MR) is 104 cm³/mol. The van der Waals surface area contributed by atoms with Crippen molar-refractivity contribution in [2.24, 2.45) is 0 Å². The van der Waals surface area contributed by atoms with Crippen LogP contribution in [0, 0.1) is 0 Å². The fraction of sp³-hybridized carbons (Fsp3) is 0.238. The van der Waals surface area contributed by atoms with Crippen molar-refractivity contribution < 1.29 is 9.84 Å². The van der Waals surface area contributed by atoms with Crippen LogP contribution in [0.25, 0.3) is 27.9 Å². The SMILES string of the molecule is C=C/C(O)=C\C(=C\c1nc2ccc3[nH]ncc3c2c2c1CCCC2)OC. The van der Waals surface area contributed by atoms with E-state index in [0.717, 1.165) is 41.4 Å². The second-order valence-electron chi connectivity index (χ2n) is 6.48. The van der Waals surface area contributed by atoms with E-state index < -0.39 is 0 Å². The number of rotatable bonds is 4. The average molecular weight is 347 g/mol. The van der Waals surface area contributed by atoms with Crippen LogP contribution in [0.3, 0.4) is 0 Å². The van der Waals surface area contributed by atoms with Crippen LogP contribution in [0.15, 0.2) is 48.6 Å². The molecule has 0 saturated carbocycles. The Morgan fingerprint density at radius 2 is 2.08 bits per heavy atom. The number of hydrogen-bond acceptors (Lipinski definition) is 4. The molecule has 132 valence electrons. The first kappa shape index (κ1) is 16.4. The Kier molecular flexibility index (Phi) is 4.21. The van der Waals surface area contributed by atoms with Crippen LogP contribution in [0.4, 0.5) is 0 Å². The molecule has 5 nitrogen and oxygen atoms in total. The highest BCUT2D eigenvalue weighted by Gasteiger charge is 2.19. The molecule has 1 aromatic carbocycles. The molecule has 0 aliphatic heterocycles. The number of benzene rings is 1. The molecule has 1 aliphatic carbocycles. The molecule has 0 radical (unpaired) electrons. The van der Waals surface area contributed by atoms with Crippen molar-refractivity contribution >= 4 is 27.9 Å². The standard InChI is InChI=1S/C21H21N3O2/c1-3-13(25)10-14(26-2)11-20-15-6-4-5-7-16(15)21-17-12-22-24-18(17)8-9-19(21)23-20/h3,8-12,25H,1,4-7H2,2H3,(H,22,24)/b13-10+,14-11-.